The maximum absolute atomic E-state index is 11.8. The Balaban J connectivity index is 1.75. The predicted molar refractivity (Wildman–Crippen MR) is 126 cm³/mol. The lowest BCUT2D eigenvalue weighted by molar-refractivity contribution is -0.616. The number of nitriles is 1. The van der Waals surface area contributed by atoms with Gasteiger partial charge >= 0.3 is 0 Å². The molecular weight excluding hydrogens is 458 g/mol. The van der Waals surface area contributed by atoms with E-state index in [1.54, 1.807) is 48.5 Å². The normalized spacial score (nSPS) is 11.4. The molecule has 0 saturated carbocycles. The lowest BCUT2D eigenvalue weighted by Gasteiger charge is -2.12. The highest BCUT2D eigenvalue weighted by Gasteiger charge is 2.13. The number of rotatable bonds is 6. The second kappa shape index (κ2) is 9.60. The molecule has 4 rings (SSSR count). The first-order valence-electron chi connectivity index (χ1n) is 10.3. The van der Waals surface area contributed by atoms with Crippen molar-refractivity contribution in [1.29, 1.82) is 5.26 Å². The van der Waals surface area contributed by atoms with Crippen molar-refractivity contribution in [3.05, 3.63) is 87.8 Å². The Morgan fingerprint density at radius 3 is 2.74 bits per heavy atom. The molecule has 0 spiro atoms. The fourth-order valence-corrected chi connectivity index (χ4v) is 3.61. The standard InChI is InChI=1S/C24H20ClN5O4/c1-2-33-23-11-21-18(10-20(23)27)24(15(12-26)13-30(21)32)28-16-6-7-22(19(25)9-16)34-14-17-5-3-4-8-29(17)31/h3-11,13,32H,2,14,27H2,1H3. The maximum atomic E-state index is 11.8. The minimum absolute atomic E-state index is 0.0421. The number of nitrogens with two attached hydrogens (primary N) is 1. The third-order valence-corrected chi connectivity index (χ3v) is 5.29. The molecule has 0 radical (unpaired) electrons. The van der Waals surface area contributed by atoms with Crippen LogP contribution in [0.15, 0.2) is 65.9 Å². The van der Waals surface area contributed by atoms with E-state index in [2.05, 4.69) is 4.99 Å². The van der Waals surface area contributed by atoms with Crippen molar-refractivity contribution in [1.82, 2.24) is 4.73 Å². The number of fused-ring (bicyclic) bond motifs is 1. The SMILES string of the molecule is CCOc1cc2c(cc1N)c(=Nc1ccc(OCc3cccc[n+]3[O-])c(Cl)c1)c(C#N)cn2O. The first-order valence-corrected chi connectivity index (χ1v) is 10.6. The second-order valence-electron chi connectivity index (χ2n) is 7.22. The Hall–Kier alpha value is -4.42. The molecule has 2 aromatic carbocycles. The van der Waals surface area contributed by atoms with Crippen LogP contribution in [0.5, 0.6) is 11.5 Å². The first-order chi connectivity index (χ1) is 16.4. The summed E-state index contributed by atoms with van der Waals surface area (Å²) in [7, 11) is 0. The number of hydrogen-bond donors (Lipinski definition) is 2. The summed E-state index contributed by atoms with van der Waals surface area (Å²) in [6, 6.07) is 15.1. The Bertz CT molecular complexity index is 1490. The molecule has 0 atom stereocenters. The number of hydrogen-bond acceptors (Lipinski definition) is 7. The van der Waals surface area contributed by atoms with Gasteiger partial charge in [-0.2, -0.15) is 14.7 Å². The predicted octanol–water partition coefficient (Wildman–Crippen LogP) is 3.83. The van der Waals surface area contributed by atoms with E-state index in [9.17, 15) is 15.7 Å². The van der Waals surface area contributed by atoms with Gasteiger partial charge in [0.2, 0.25) is 5.69 Å². The number of pyridine rings is 2. The monoisotopic (exact) mass is 477 g/mol. The van der Waals surface area contributed by atoms with Crippen molar-refractivity contribution in [2.45, 2.75) is 13.5 Å². The molecule has 2 aromatic heterocycles. The lowest BCUT2D eigenvalue weighted by atomic mass is 10.1. The zero-order chi connectivity index (χ0) is 24.2. The van der Waals surface area contributed by atoms with Crippen LogP contribution >= 0.6 is 11.6 Å². The lowest BCUT2D eigenvalue weighted by Crippen LogP contribution is -2.31. The minimum atomic E-state index is 0.0421. The summed E-state index contributed by atoms with van der Waals surface area (Å²) in [4.78, 5) is 4.59. The smallest absolute Gasteiger partial charge is 0.230 e. The number of anilines is 1. The number of halogens is 1. The molecule has 0 unspecified atom stereocenters. The summed E-state index contributed by atoms with van der Waals surface area (Å²) >= 11 is 6.38. The Morgan fingerprint density at radius 2 is 2.03 bits per heavy atom. The maximum Gasteiger partial charge on any atom is 0.230 e. The van der Waals surface area contributed by atoms with E-state index >= 15 is 0 Å². The minimum Gasteiger partial charge on any atom is -0.618 e. The Morgan fingerprint density at radius 1 is 1.21 bits per heavy atom. The number of nitrogen functional groups attached to an aromatic ring is 1. The van der Waals surface area contributed by atoms with Crippen LogP contribution in [-0.2, 0) is 6.61 Å². The number of benzene rings is 2. The highest BCUT2D eigenvalue weighted by Crippen LogP contribution is 2.30. The van der Waals surface area contributed by atoms with E-state index < -0.39 is 0 Å². The first kappa shape index (κ1) is 22.8. The Labute approximate surface area is 199 Å². The van der Waals surface area contributed by atoms with E-state index in [1.165, 1.54) is 12.4 Å². The fraction of sp³-hybridized carbons (Fsp3) is 0.125. The van der Waals surface area contributed by atoms with Crippen molar-refractivity contribution in [3.63, 3.8) is 0 Å². The molecule has 0 bridgehead atoms. The molecule has 0 aliphatic rings. The van der Waals surface area contributed by atoms with Crippen LogP contribution in [0.2, 0.25) is 5.02 Å². The van der Waals surface area contributed by atoms with Gasteiger partial charge in [0.1, 0.15) is 17.6 Å². The molecule has 0 aliphatic carbocycles. The van der Waals surface area contributed by atoms with Gasteiger partial charge in [0.15, 0.2) is 12.8 Å². The van der Waals surface area contributed by atoms with Gasteiger partial charge in [0.25, 0.3) is 0 Å². The van der Waals surface area contributed by atoms with Gasteiger partial charge in [0, 0.05) is 23.6 Å². The Kier molecular flexibility index (Phi) is 6.43. The fourth-order valence-electron chi connectivity index (χ4n) is 3.38. The molecule has 172 valence electrons. The average Bonchev–Trinajstić information content (AvgIpc) is 2.82. The summed E-state index contributed by atoms with van der Waals surface area (Å²) in [5.41, 5.74) is 7.85. The molecule has 9 nitrogen and oxygen atoms in total. The summed E-state index contributed by atoms with van der Waals surface area (Å²) in [6.45, 7) is 2.27. The van der Waals surface area contributed by atoms with E-state index in [-0.39, 0.29) is 17.2 Å². The average molecular weight is 478 g/mol. The largest absolute Gasteiger partial charge is 0.618 e. The zero-order valence-corrected chi connectivity index (χ0v) is 18.9. The molecule has 2 heterocycles. The summed E-state index contributed by atoms with van der Waals surface area (Å²) < 4.78 is 12.7. The van der Waals surface area contributed by atoms with Gasteiger partial charge in [-0.15, -0.1) is 0 Å². The van der Waals surface area contributed by atoms with Crippen LogP contribution in [0.4, 0.5) is 11.4 Å². The quantitative estimate of drug-likeness (QED) is 0.188. The highest BCUT2D eigenvalue weighted by atomic mass is 35.5. The van der Waals surface area contributed by atoms with Crippen molar-refractivity contribution in [2.24, 2.45) is 4.99 Å². The van der Waals surface area contributed by atoms with Gasteiger partial charge in [-0.1, -0.05) is 11.6 Å². The number of aromatic nitrogens is 2. The molecule has 34 heavy (non-hydrogen) atoms. The van der Waals surface area contributed by atoms with Crippen LogP contribution in [0, 0.1) is 16.5 Å². The van der Waals surface area contributed by atoms with Crippen LogP contribution in [0.1, 0.15) is 18.2 Å². The topological polar surface area (TPSA) is 133 Å². The van der Waals surface area contributed by atoms with Gasteiger partial charge < -0.3 is 25.6 Å². The third kappa shape index (κ3) is 4.53. The van der Waals surface area contributed by atoms with Gasteiger partial charge in [0.05, 0.1) is 45.6 Å². The number of ether oxygens (including phenoxy) is 2. The van der Waals surface area contributed by atoms with E-state index in [4.69, 9.17) is 26.8 Å². The molecule has 0 saturated heterocycles. The van der Waals surface area contributed by atoms with E-state index in [0.717, 1.165) is 9.46 Å². The van der Waals surface area contributed by atoms with E-state index in [1.807, 2.05) is 13.0 Å². The summed E-state index contributed by atoms with van der Waals surface area (Å²) in [6.07, 6.45) is 2.66. The van der Waals surface area contributed by atoms with Crippen molar-refractivity contribution in [3.8, 4) is 17.6 Å². The van der Waals surface area contributed by atoms with Gasteiger partial charge in [-0.3, -0.25) is 0 Å². The molecule has 4 aromatic rings. The molecule has 3 N–H and O–H groups in total. The molecule has 10 heteroatoms. The molecular formula is C24H20ClN5O4. The van der Waals surface area contributed by atoms with Crippen molar-refractivity contribution < 1.29 is 19.4 Å². The third-order valence-electron chi connectivity index (χ3n) is 4.99. The van der Waals surface area contributed by atoms with Gasteiger partial charge in [-0.25, -0.2) is 4.99 Å². The van der Waals surface area contributed by atoms with Crippen LogP contribution in [0.25, 0.3) is 10.9 Å². The highest BCUT2D eigenvalue weighted by molar-refractivity contribution is 6.32. The molecule has 0 amide bonds. The van der Waals surface area contributed by atoms with Gasteiger partial charge in [-0.05, 0) is 37.3 Å². The van der Waals surface area contributed by atoms with Crippen molar-refractivity contribution in [2.75, 3.05) is 12.3 Å². The second-order valence-corrected chi connectivity index (χ2v) is 7.63. The summed E-state index contributed by atoms with van der Waals surface area (Å²) in [5, 5.41) is 32.8. The van der Waals surface area contributed by atoms with Crippen molar-refractivity contribution >= 4 is 33.9 Å². The van der Waals surface area contributed by atoms with E-state index in [0.29, 0.717) is 51.4 Å². The molecule has 0 aliphatic heterocycles. The number of nitrogens with zero attached hydrogens (tertiary/aromatic N) is 4. The molecule has 0 fully saturated rings. The van der Waals surface area contributed by atoms with Crippen LogP contribution in [-0.4, -0.2) is 16.5 Å². The zero-order valence-electron chi connectivity index (χ0n) is 18.1. The van der Waals surface area contributed by atoms with Crippen LogP contribution in [0.3, 0.4) is 0 Å². The summed E-state index contributed by atoms with van der Waals surface area (Å²) in [5.74, 6) is 0.789. The van der Waals surface area contributed by atoms with Crippen LogP contribution < -0.4 is 25.3 Å².